The maximum absolute atomic E-state index is 12.4. The zero-order valence-electron chi connectivity index (χ0n) is 12.0. The Labute approximate surface area is 138 Å². The first kappa shape index (κ1) is 14.2. The minimum Gasteiger partial charge on any atom is -0.347 e. The standard InChI is InChI=1S/C17H17ClN2OS/c18-11-3-1-10(2-4-11)15-7-8-16(22-15)17(21)20-14-9-12-5-6-13(14)19-12/h1-4,7-8,12-14,19H,5-6,9H2,(H,20,21)/t12-,13+,14-/m1/s1. The SMILES string of the molecule is O=C(N[C@@H]1C[C@H]2CC[C@@H]1N2)c1ccc(-c2ccc(Cl)cc2)s1. The van der Waals surface area contributed by atoms with Gasteiger partial charge in [0.15, 0.2) is 0 Å². The van der Waals surface area contributed by atoms with Crippen molar-refractivity contribution in [1.82, 2.24) is 10.6 Å². The van der Waals surface area contributed by atoms with Crippen molar-refractivity contribution in [2.45, 2.75) is 37.4 Å². The zero-order valence-corrected chi connectivity index (χ0v) is 13.6. The van der Waals surface area contributed by atoms with Crippen molar-refractivity contribution >= 4 is 28.8 Å². The number of amides is 1. The van der Waals surface area contributed by atoms with E-state index in [1.807, 2.05) is 36.4 Å². The van der Waals surface area contributed by atoms with E-state index in [0.717, 1.165) is 26.8 Å². The number of nitrogens with one attached hydrogen (secondary N) is 2. The second kappa shape index (κ2) is 5.69. The van der Waals surface area contributed by atoms with E-state index < -0.39 is 0 Å². The van der Waals surface area contributed by atoms with Gasteiger partial charge in [-0.25, -0.2) is 0 Å². The molecule has 0 radical (unpaired) electrons. The molecule has 0 aliphatic carbocycles. The van der Waals surface area contributed by atoms with Gasteiger partial charge < -0.3 is 10.6 Å². The Morgan fingerprint density at radius 3 is 2.68 bits per heavy atom. The maximum Gasteiger partial charge on any atom is 0.261 e. The van der Waals surface area contributed by atoms with Gasteiger partial charge in [0.05, 0.1) is 4.88 Å². The average molecular weight is 333 g/mol. The number of hydrogen-bond acceptors (Lipinski definition) is 3. The third-order valence-corrected chi connectivity index (χ3v) is 5.96. The van der Waals surface area contributed by atoms with Gasteiger partial charge in [0, 0.05) is 28.0 Å². The second-order valence-corrected chi connectivity index (χ2v) is 7.55. The van der Waals surface area contributed by atoms with E-state index in [1.165, 1.54) is 24.2 Å². The molecule has 2 fully saturated rings. The molecule has 2 N–H and O–H groups in total. The van der Waals surface area contributed by atoms with Crippen LogP contribution in [0.5, 0.6) is 0 Å². The Morgan fingerprint density at radius 2 is 2.00 bits per heavy atom. The lowest BCUT2D eigenvalue weighted by Gasteiger charge is -2.20. The molecule has 2 aliphatic heterocycles. The fourth-order valence-electron chi connectivity index (χ4n) is 3.45. The van der Waals surface area contributed by atoms with Crippen LogP contribution in [0.1, 0.15) is 28.9 Å². The van der Waals surface area contributed by atoms with E-state index in [9.17, 15) is 4.79 Å². The molecule has 0 spiro atoms. The Kier molecular flexibility index (Phi) is 3.68. The molecular formula is C17H17ClN2OS. The lowest BCUT2D eigenvalue weighted by molar-refractivity contribution is 0.0935. The van der Waals surface area contributed by atoms with E-state index in [1.54, 1.807) is 0 Å². The predicted molar refractivity (Wildman–Crippen MR) is 90.6 cm³/mol. The number of halogens is 1. The number of fused-ring (bicyclic) bond motifs is 2. The number of rotatable bonds is 3. The van der Waals surface area contributed by atoms with Crippen molar-refractivity contribution in [3.8, 4) is 10.4 Å². The van der Waals surface area contributed by atoms with Gasteiger partial charge in [-0.15, -0.1) is 11.3 Å². The summed E-state index contributed by atoms with van der Waals surface area (Å²) < 4.78 is 0. The molecule has 3 nitrogen and oxygen atoms in total. The van der Waals surface area contributed by atoms with Crippen LogP contribution in [0.25, 0.3) is 10.4 Å². The molecular weight excluding hydrogens is 316 g/mol. The quantitative estimate of drug-likeness (QED) is 0.900. The lowest BCUT2D eigenvalue weighted by Crippen LogP contribution is -2.42. The smallest absolute Gasteiger partial charge is 0.261 e. The Hall–Kier alpha value is -1.36. The molecule has 5 heteroatoms. The molecule has 114 valence electrons. The van der Waals surface area contributed by atoms with Gasteiger partial charge in [-0.3, -0.25) is 4.79 Å². The Balaban J connectivity index is 1.46. The van der Waals surface area contributed by atoms with Crippen LogP contribution in [0.2, 0.25) is 5.02 Å². The molecule has 22 heavy (non-hydrogen) atoms. The molecule has 1 aromatic heterocycles. The highest BCUT2D eigenvalue weighted by Crippen LogP contribution is 2.31. The molecule has 2 aromatic rings. The van der Waals surface area contributed by atoms with Crippen molar-refractivity contribution in [3.63, 3.8) is 0 Å². The minimum atomic E-state index is 0.0459. The summed E-state index contributed by atoms with van der Waals surface area (Å²) in [7, 11) is 0. The summed E-state index contributed by atoms with van der Waals surface area (Å²) in [6, 6.07) is 13.0. The Morgan fingerprint density at radius 1 is 1.18 bits per heavy atom. The van der Waals surface area contributed by atoms with E-state index in [4.69, 9.17) is 11.6 Å². The van der Waals surface area contributed by atoms with Crippen LogP contribution in [0.15, 0.2) is 36.4 Å². The summed E-state index contributed by atoms with van der Waals surface area (Å²) in [5.41, 5.74) is 1.09. The van der Waals surface area contributed by atoms with Crippen molar-refractivity contribution in [2.75, 3.05) is 0 Å². The fourth-order valence-corrected chi connectivity index (χ4v) is 4.49. The molecule has 0 unspecified atom stereocenters. The fraction of sp³-hybridized carbons (Fsp3) is 0.353. The number of carbonyl (C=O) groups is 1. The van der Waals surface area contributed by atoms with Gasteiger partial charge in [0.1, 0.15) is 0 Å². The molecule has 4 rings (SSSR count). The van der Waals surface area contributed by atoms with Crippen LogP contribution >= 0.6 is 22.9 Å². The van der Waals surface area contributed by atoms with E-state index in [2.05, 4.69) is 10.6 Å². The van der Waals surface area contributed by atoms with Crippen LogP contribution in [-0.4, -0.2) is 24.0 Å². The van der Waals surface area contributed by atoms with E-state index in [0.29, 0.717) is 12.1 Å². The highest BCUT2D eigenvalue weighted by molar-refractivity contribution is 7.17. The van der Waals surface area contributed by atoms with Gasteiger partial charge in [0.2, 0.25) is 0 Å². The van der Waals surface area contributed by atoms with Crippen LogP contribution in [0, 0.1) is 0 Å². The summed E-state index contributed by atoms with van der Waals surface area (Å²) in [6.07, 6.45) is 3.48. The van der Waals surface area contributed by atoms with E-state index in [-0.39, 0.29) is 11.9 Å². The van der Waals surface area contributed by atoms with Crippen molar-refractivity contribution in [1.29, 1.82) is 0 Å². The molecule has 1 amide bonds. The van der Waals surface area contributed by atoms with Gasteiger partial charge in [-0.1, -0.05) is 23.7 Å². The van der Waals surface area contributed by atoms with Crippen molar-refractivity contribution in [2.24, 2.45) is 0 Å². The summed E-state index contributed by atoms with van der Waals surface area (Å²) in [6.45, 7) is 0. The second-order valence-electron chi connectivity index (χ2n) is 6.03. The van der Waals surface area contributed by atoms with Crippen LogP contribution in [-0.2, 0) is 0 Å². The zero-order chi connectivity index (χ0) is 15.1. The van der Waals surface area contributed by atoms with E-state index >= 15 is 0 Å². The Bertz CT molecular complexity index is 697. The van der Waals surface area contributed by atoms with Gasteiger partial charge in [-0.2, -0.15) is 0 Å². The first-order valence-electron chi connectivity index (χ1n) is 7.62. The molecule has 0 saturated carbocycles. The normalized spacial score (nSPS) is 26.3. The van der Waals surface area contributed by atoms with Gasteiger partial charge >= 0.3 is 0 Å². The summed E-state index contributed by atoms with van der Waals surface area (Å²) in [4.78, 5) is 14.3. The first-order chi connectivity index (χ1) is 10.7. The third-order valence-electron chi connectivity index (χ3n) is 4.58. The summed E-state index contributed by atoms with van der Waals surface area (Å²) in [5, 5.41) is 7.46. The predicted octanol–water partition coefficient (Wildman–Crippen LogP) is 3.69. The van der Waals surface area contributed by atoms with Crippen molar-refractivity contribution in [3.05, 3.63) is 46.3 Å². The molecule has 1 aromatic carbocycles. The number of hydrogen-bond donors (Lipinski definition) is 2. The van der Waals surface area contributed by atoms with Crippen molar-refractivity contribution < 1.29 is 4.79 Å². The largest absolute Gasteiger partial charge is 0.347 e. The van der Waals surface area contributed by atoms with Crippen LogP contribution < -0.4 is 10.6 Å². The molecule has 3 heterocycles. The highest BCUT2D eigenvalue weighted by Gasteiger charge is 2.39. The van der Waals surface area contributed by atoms with Crippen LogP contribution in [0.3, 0.4) is 0 Å². The topological polar surface area (TPSA) is 41.1 Å². The molecule has 3 atom stereocenters. The monoisotopic (exact) mass is 332 g/mol. The summed E-state index contributed by atoms with van der Waals surface area (Å²) >= 11 is 7.44. The van der Waals surface area contributed by atoms with Crippen LogP contribution in [0.4, 0.5) is 0 Å². The average Bonchev–Trinajstić information content (AvgIpc) is 3.24. The number of benzene rings is 1. The van der Waals surface area contributed by atoms with Gasteiger partial charge in [0.25, 0.3) is 5.91 Å². The molecule has 2 saturated heterocycles. The number of thiophene rings is 1. The summed E-state index contributed by atoms with van der Waals surface area (Å²) in [5.74, 6) is 0.0459. The number of carbonyl (C=O) groups excluding carboxylic acids is 1. The molecule has 2 bridgehead atoms. The molecule has 2 aliphatic rings. The third kappa shape index (κ3) is 2.67. The first-order valence-corrected chi connectivity index (χ1v) is 8.81. The van der Waals surface area contributed by atoms with Gasteiger partial charge in [-0.05, 0) is 49.1 Å². The minimum absolute atomic E-state index is 0.0459. The lowest BCUT2D eigenvalue weighted by atomic mass is 9.95. The maximum atomic E-state index is 12.4. The highest BCUT2D eigenvalue weighted by atomic mass is 35.5.